The van der Waals surface area contributed by atoms with Crippen molar-refractivity contribution >= 4 is 112 Å². The van der Waals surface area contributed by atoms with Gasteiger partial charge in [0.2, 0.25) is 31.5 Å². The number of carbonyl (C=O) groups is 10. The van der Waals surface area contributed by atoms with Crippen LogP contribution in [0.3, 0.4) is 0 Å². The normalized spacial score (nSPS) is 12.4. The minimum atomic E-state index is -1.67. The number of rotatable bonds is 9. The number of amides is 6. The Hall–Kier alpha value is -4.75. The highest BCUT2D eigenvalue weighted by atomic mass is 36.0. The summed E-state index contributed by atoms with van der Waals surface area (Å²) in [6.45, 7) is 23.0. The SMILES string of the molecule is CC.CC.CC.CC(=O)Cl.CC(=O)O.CCC(=O)Cl.CCCCc1ccccc1.CCCN1C(=O)CCC1=O.CCc1ccccc1.O=C(ON1C(=O)CCC1=O)ON1C(=O)CCC1=O.O=S(Cl)Cl. The minimum Gasteiger partial charge on any atom is -0.481 e. The van der Waals surface area contributed by atoms with Gasteiger partial charge in [-0.1, -0.05) is 146 Å². The van der Waals surface area contributed by atoms with E-state index >= 15 is 0 Å². The molecule has 3 saturated heterocycles. The van der Waals surface area contributed by atoms with Gasteiger partial charge in [-0.05, 0) is 60.0 Å². The molecule has 2 aromatic carbocycles. The fourth-order valence-corrected chi connectivity index (χ4v) is 4.32. The minimum absolute atomic E-state index is 0.00755. The van der Waals surface area contributed by atoms with Crippen LogP contribution in [0.25, 0.3) is 0 Å². The van der Waals surface area contributed by atoms with Gasteiger partial charge >= 0.3 is 6.16 Å². The second-order valence-corrected chi connectivity index (χ2v) is 15.8. The largest absolute Gasteiger partial charge is 0.560 e. The summed E-state index contributed by atoms with van der Waals surface area (Å²) in [5.74, 6) is -3.59. The van der Waals surface area contributed by atoms with Crippen LogP contribution in [0.2, 0.25) is 0 Å². The second-order valence-electron chi connectivity index (χ2n) is 12.3. The molecule has 6 amide bonds. The Kier molecular flexibility index (Phi) is 57.8. The van der Waals surface area contributed by atoms with Gasteiger partial charge in [-0.25, -0.2) is 4.21 Å². The number of benzene rings is 2. The van der Waals surface area contributed by atoms with Gasteiger partial charge in [0, 0.05) is 86.7 Å². The summed E-state index contributed by atoms with van der Waals surface area (Å²) in [6, 6.07) is 21.1. The maximum atomic E-state index is 11.2. The Balaban J connectivity index is -0.000000171. The van der Waals surface area contributed by atoms with E-state index in [2.05, 4.69) is 111 Å². The third-order valence-electron chi connectivity index (χ3n) is 7.14. The molecule has 3 aliphatic rings. The van der Waals surface area contributed by atoms with Crippen molar-refractivity contribution in [2.75, 3.05) is 6.54 Å². The quantitative estimate of drug-likeness (QED) is 0.182. The molecular weight excluding hydrogens is 1000 g/mol. The molecule has 0 atom stereocenters. The van der Waals surface area contributed by atoms with Crippen LogP contribution in [0.4, 0.5) is 4.79 Å². The van der Waals surface area contributed by atoms with Crippen molar-refractivity contribution in [3.05, 3.63) is 71.8 Å². The van der Waals surface area contributed by atoms with E-state index < -0.39 is 45.0 Å². The molecule has 394 valence electrons. The van der Waals surface area contributed by atoms with Gasteiger partial charge in [-0.15, -0.1) is 0 Å². The maximum Gasteiger partial charge on any atom is 0.560 e. The van der Waals surface area contributed by atoms with Crippen molar-refractivity contribution in [1.29, 1.82) is 0 Å². The highest BCUT2D eigenvalue weighted by Crippen LogP contribution is 2.16. The second kappa shape index (κ2) is 52.6. The Morgan fingerprint density at radius 1 is 0.580 bits per heavy atom. The molecule has 0 aliphatic carbocycles. The molecule has 5 rings (SSSR count). The maximum absolute atomic E-state index is 11.2. The average molecular weight is 1080 g/mol. The van der Waals surface area contributed by atoms with Crippen molar-refractivity contribution in [2.24, 2.45) is 0 Å². The third-order valence-corrected chi connectivity index (χ3v) is 7.40. The molecule has 0 saturated carbocycles. The molecular formula is C47H73Cl4N3O14S. The first-order valence-electron chi connectivity index (χ1n) is 22.4. The highest BCUT2D eigenvalue weighted by molar-refractivity contribution is 8.26. The van der Waals surface area contributed by atoms with E-state index in [1.165, 1.54) is 42.2 Å². The van der Waals surface area contributed by atoms with E-state index in [1.807, 2.05) is 54.5 Å². The summed E-state index contributed by atoms with van der Waals surface area (Å²) in [4.78, 5) is 115. The number of nitrogens with zero attached hydrogens (tertiary/aromatic N) is 3. The Morgan fingerprint density at radius 2 is 0.855 bits per heavy atom. The number of aliphatic carboxylic acids is 1. The Bertz CT molecular complexity index is 1650. The number of likely N-dealkylation sites (tertiary alicyclic amines) is 1. The fraction of sp³-hybridized carbons (Fsp3) is 0.532. The molecule has 0 bridgehead atoms. The predicted molar refractivity (Wildman–Crippen MR) is 272 cm³/mol. The van der Waals surface area contributed by atoms with Crippen molar-refractivity contribution in [3.8, 4) is 0 Å². The van der Waals surface area contributed by atoms with Crippen molar-refractivity contribution in [1.82, 2.24) is 15.0 Å². The first-order valence-corrected chi connectivity index (χ1v) is 25.9. The van der Waals surface area contributed by atoms with Crippen molar-refractivity contribution < 1.29 is 66.9 Å². The highest BCUT2D eigenvalue weighted by Gasteiger charge is 2.37. The van der Waals surface area contributed by atoms with Crippen LogP contribution < -0.4 is 0 Å². The van der Waals surface area contributed by atoms with E-state index in [9.17, 15) is 43.2 Å². The molecule has 22 heteroatoms. The summed E-state index contributed by atoms with van der Waals surface area (Å²) in [5, 5.41) is 7.30. The van der Waals surface area contributed by atoms with E-state index in [4.69, 9.17) is 25.7 Å². The number of unbranched alkanes of at least 4 members (excludes halogenated alkanes) is 1. The fourth-order valence-electron chi connectivity index (χ4n) is 4.32. The van der Waals surface area contributed by atoms with E-state index in [1.54, 1.807) is 6.92 Å². The van der Waals surface area contributed by atoms with Crippen LogP contribution in [0, 0.1) is 0 Å². The van der Waals surface area contributed by atoms with E-state index in [-0.39, 0.29) is 58.1 Å². The molecule has 3 fully saturated rings. The Labute approximate surface area is 430 Å². The first kappa shape index (κ1) is 75.8. The van der Waals surface area contributed by atoms with Crippen LogP contribution in [-0.4, -0.2) is 88.9 Å². The first-order chi connectivity index (χ1) is 32.6. The molecule has 0 aromatic heterocycles. The lowest BCUT2D eigenvalue weighted by molar-refractivity contribution is -0.198. The summed E-state index contributed by atoms with van der Waals surface area (Å²) < 4.78 is 9.09. The zero-order chi connectivity index (χ0) is 54.9. The number of hydroxylamine groups is 4. The number of imide groups is 3. The lowest BCUT2D eigenvalue weighted by atomic mass is 10.1. The summed E-state index contributed by atoms with van der Waals surface area (Å²) >= 11 is 9.46. The number of halogens is 4. The van der Waals surface area contributed by atoms with Crippen molar-refractivity contribution in [3.63, 3.8) is 0 Å². The standard InChI is InChI=1S/C10H14.C9H8N2O7.C8H10.C7H11NO2.C3H5ClO.C2H3ClO.C2H4O2.3C2H6.Cl2OS/c1-2-3-7-10-8-5-4-6-9-10;12-5-1-2-6(13)10(5)17-9(16)18-11-7(14)3-4-8(11)15;1-2-8-6-4-3-5-7-8;1-2-5-8-6(9)3-4-7(8)10;1-2-3(4)5;2*1-2(3)4;3*1-2;1-4(2)3/h4-6,8-9H,2-3,7H2,1H3;1-4H2;3-7H,2H2,1H3;2-5H2,1H3;2H2,1H3;1H3;1H3,(H,3,4);3*1-2H3;. The summed E-state index contributed by atoms with van der Waals surface area (Å²) in [5.41, 5.74) is 2.87. The predicted octanol–water partition coefficient (Wildman–Crippen LogP) is 11.2. The van der Waals surface area contributed by atoms with Crippen LogP contribution in [-0.2, 0) is 74.9 Å². The molecule has 17 nitrogen and oxygen atoms in total. The van der Waals surface area contributed by atoms with Crippen LogP contribution in [0.1, 0.15) is 158 Å². The van der Waals surface area contributed by atoms with Gasteiger partial charge in [-0.3, -0.25) is 57.7 Å². The molecule has 0 unspecified atom stereocenters. The monoisotopic (exact) mass is 1080 g/mol. The van der Waals surface area contributed by atoms with Crippen LogP contribution in [0.5, 0.6) is 0 Å². The molecule has 3 heterocycles. The lowest BCUT2D eigenvalue weighted by Gasteiger charge is -2.15. The number of carbonyl (C=O) groups excluding carboxylic acids is 9. The van der Waals surface area contributed by atoms with Crippen LogP contribution in [0.15, 0.2) is 60.7 Å². The molecule has 0 spiro atoms. The number of carboxylic acids is 1. The lowest BCUT2D eigenvalue weighted by Crippen LogP contribution is -2.37. The molecule has 2 aromatic rings. The van der Waals surface area contributed by atoms with E-state index in [0.717, 1.165) is 19.8 Å². The van der Waals surface area contributed by atoms with Gasteiger partial charge in [0.15, 0.2) is 0 Å². The average Bonchev–Trinajstić information content (AvgIpc) is 3.94. The van der Waals surface area contributed by atoms with Gasteiger partial charge < -0.3 is 5.11 Å². The number of carboxylic acid groups (broad SMARTS) is 1. The molecule has 3 aliphatic heterocycles. The summed E-state index contributed by atoms with van der Waals surface area (Å²) in [6.07, 6.45) is 5.36. The van der Waals surface area contributed by atoms with Gasteiger partial charge in [-0.2, -0.15) is 4.79 Å². The number of aryl methyl sites for hydroxylation is 2. The van der Waals surface area contributed by atoms with Crippen LogP contribution >= 0.6 is 44.6 Å². The third kappa shape index (κ3) is 49.5. The number of hydrogen-bond donors (Lipinski definition) is 1. The Morgan fingerprint density at radius 3 is 1.09 bits per heavy atom. The van der Waals surface area contributed by atoms with Gasteiger partial charge in [0.05, 0.1) is 0 Å². The van der Waals surface area contributed by atoms with Gasteiger partial charge in [0.1, 0.15) is 0 Å². The molecule has 69 heavy (non-hydrogen) atoms. The zero-order valence-corrected chi connectivity index (χ0v) is 45.8. The van der Waals surface area contributed by atoms with E-state index in [0.29, 0.717) is 25.8 Å². The zero-order valence-electron chi connectivity index (χ0n) is 42.0. The number of hydrogen-bond acceptors (Lipinski definition) is 13. The van der Waals surface area contributed by atoms with Gasteiger partial charge in [0.25, 0.3) is 29.6 Å². The smallest absolute Gasteiger partial charge is 0.481 e. The topological polar surface area (TPSA) is 236 Å². The summed E-state index contributed by atoms with van der Waals surface area (Å²) in [7, 11) is 7.36. The molecule has 1 N–H and O–H groups in total. The molecule has 0 radical (unpaired) electrons. The van der Waals surface area contributed by atoms with Crippen molar-refractivity contribution in [2.45, 2.75) is 160 Å².